The van der Waals surface area contributed by atoms with E-state index in [2.05, 4.69) is 12.2 Å². The van der Waals surface area contributed by atoms with Crippen LogP contribution in [0.2, 0.25) is 0 Å². The number of halogens is 1. The molecule has 2 unspecified atom stereocenters. The van der Waals surface area contributed by atoms with Crippen molar-refractivity contribution in [3.63, 3.8) is 0 Å². The molecule has 3 N–H and O–H groups in total. The lowest BCUT2D eigenvalue weighted by Gasteiger charge is -2.55. The number of aliphatic imine (C=N–C) groups is 1. The highest BCUT2D eigenvalue weighted by Gasteiger charge is 2.55. The fourth-order valence-corrected chi connectivity index (χ4v) is 4.08. The summed E-state index contributed by atoms with van der Waals surface area (Å²) in [7, 11) is 0. The van der Waals surface area contributed by atoms with Gasteiger partial charge in [-0.25, -0.2) is 4.99 Å². The van der Waals surface area contributed by atoms with Gasteiger partial charge in [0.2, 0.25) is 0 Å². The minimum absolute atomic E-state index is 0. The molecular formula is C18H28IN3O. The molecule has 4 nitrogen and oxygen atoms in total. The lowest BCUT2D eigenvalue weighted by Crippen LogP contribution is -2.58. The molecule has 128 valence electrons. The number of nitrogens with zero attached hydrogens (tertiary/aromatic N) is 1. The molecule has 2 aliphatic carbocycles. The maximum absolute atomic E-state index is 6.12. The van der Waals surface area contributed by atoms with Crippen molar-refractivity contribution in [1.29, 1.82) is 0 Å². The number of anilines is 1. The highest BCUT2D eigenvalue weighted by Crippen LogP contribution is 2.54. The highest BCUT2D eigenvalue weighted by atomic mass is 127. The Morgan fingerprint density at radius 2 is 1.96 bits per heavy atom. The van der Waals surface area contributed by atoms with Crippen LogP contribution in [-0.2, 0) is 4.74 Å². The van der Waals surface area contributed by atoms with Gasteiger partial charge in [0.1, 0.15) is 0 Å². The Kier molecular flexibility index (Phi) is 6.71. The van der Waals surface area contributed by atoms with Gasteiger partial charge in [-0.1, -0.05) is 37.5 Å². The standard InChI is InChI=1S/C18H27N3O.HI/c1-2-22-16-13-15(18(16)11-7-4-8-12-18)21-17(19)20-14-9-5-3-6-10-14;/h3,5-6,9-10,15-16H,2,4,7-8,11-13H2,1H3,(H3,19,20,21);1H. The highest BCUT2D eigenvalue weighted by molar-refractivity contribution is 14.0. The summed E-state index contributed by atoms with van der Waals surface area (Å²) in [6, 6.07) is 10.3. The average molecular weight is 429 g/mol. The van der Waals surface area contributed by atoms with Gasteiger partial charge in [-0.3, -0.25) is 0 Å². The molecule has 0 bridgehead atoms. The molecule has 2 saturated carbocycles. The Morgan fingerprint density at radius 3 is 2.61 bits per heavy atom. The molecule has 1 aromatic rings. The normalized spacial score (nSPS) is 26.2. The smallest absolute Gasteiger partial charge is 0.193 e. The number of hydrogen-bond donors (Lipinski definition) is 2. The summed E-state index contributed by atoms with van der Waals surface area (Å²) >= 11 is 0. The van der Waals surface area contributed by atoms with E-state index >= 15 is 0 Å². The third-order valence-corrected chi connectivity index (χ3v) is 5.24. The number of rotatable bonds is 4. The summed E-state index contributed by atoms with van der Waals surface area (Å²) in [6.07, 6.45) is 7.76. The summed E-state index contributed by atoms with van der Waals surface area (Å²) in [5.41, 5.74) is 7.35. The van der Waals surface area contributed by atoms with Gasteiger partial charge < -0.3 is 15.8 Å². The summed E-state index contributed by atoms with van der Waals surface area (Å²) in [5.74, 6) is 0.524. The van der Waals surface area contributed by atoms with E-state index in [1.165, 1.54) is 32.1 Å². The molecule has 2 atom stereocenters. The van der Waals surface area contributed by atoms with Crippen LogP contribution in [0.1, 0.15) is 45.4 Å². The van der Waals surface area contributed by atoms with Gasteiger partial charge in [0.25, 0.3) is 0 Å². The number of guanidine groups is 1. The molecule has 3 rings (SSSR count). The fraction of sp³-hybridized carbons (Fsp3) is 0.611. The molecule has 0 heterocycles. The van der Waals surface area contributed by atoms with Gasteiger partial charge in [0.05, 0.1) is 12.1 Å². The number of nitrogens with two attached hydrogens (primary N) is 1. The predicted octanol–water partition coefficient (Wildman–Crippen LogP) is 4.16. The van der Waals surface area contributed by atoms with Crippen molar-refractivity contribution >= 4 is 35.6 Å². The van der Waals surface area contributed by atoms with Crippen LogP contribution in [0.15, 0.2) is 35.3 Å². The van der Waals surface area contributed by atoms with E-state index in [1.807, 2.05) is 30.3 Å². The van der Waals surface area contributed by atoms with Crippen LogP contribution in [0.4, 0.5) is 5.69 Å². The van der Waals surface area contributed by atoms with Crippen molar-refractivity contribution < 1.29 is 4.74 Å². The molecule has 2 aliphatic rings. The maximum atomic E-state index is 6.12. The van der Waals surface area contributed by atoms with Crippen LogP contribution in [0.5, 0.6) is 0 Å². The van der Waals surface area contributed by atoms with E-state index in [1.54, 1.807) is 0 Å². The van der Waals surface area contributed by atoms with Crippen molar-refractivity contribution in [3.05, 3.63) is 30.3 Å². The SMILES string of the molecule is CCOC1CC(N=C(N)Nc2ccccc2)C12CCCCC2.I. The van der Waals surface area contributed by atoms with E-state index in [4.69, 9.17) is 15.5 Å². The van der Waals surface area contributed by atoms with E-state index < -0.39 is 0 Å². The van der Waals surface area contributed by atoms with Crippen LogP contribution in [0, 0.1) is 5.41 Å². The van der Waals surface area contributed by atoms with Crippen molar-refractivity contribution in [3.8, 4) is 0 Å². The zero-order valence-corrected chi connectivity index (χ0v) is 16.2. The maximum Gasteiger partial charge on any atom is 0.193 e. The first-order valence-electron chi connectivity index (χ1n) is 8.51. The van der Waals surface area contributed by atoms with Crippen LogP contribution in [0.3, 0.4) is 0 Å². The molecule has 1 spiro atoms. The molecule has 5 heteroatoms. The second-order valence-electron chi connectivity index (χ2n) is 6.49. The molecule has 0 saturated heterocycles. The van der Waals surface area contributed by atoms with Crippen molar-refractivity contribution in [2.75, 3.05) is 11.9 Å². The molecule has 0 amide bonds. The van der Waals surface area contributed by atoms with Crippen LogP contribution in [0.25, 0.3) is 0 Å². The number of para-hydroxylation sites is 1. The molecule has 1 aromatic carbocycles. The fourth-order valence-electron chi connectivity index (χ4n) is 4.08. The number of hydrogen-bond acceptors (Lipinski definition) is 2. The topological polar surface area (TPSA) is 59.6 Å². The summed E-state index contributed by atoms with van der Waals surface area (Å²) in [6.45, 7) is 2.87. The molecule has 0 radical (unpaired) electrons. The minimum Gasteiger partial charge on any atom is -0.378 e. The van der Waals surface area contributed by atoms with Crippen molar-refractivity contribution in [2.24, 2.45) is 16.1 Å². The molecule has 23 heavy (non-hydrogen) atoms. The second kappa shape index (κ2) is 8.33. The van der Waals surface area contributed by atoms with E-state index in [-0.39, 0.29) is 29.4 Å². The third-order valence-electron chi connectivity index (χ3n) is 5.24. The monoisotopic (exact) mass is 429 g/mol. The number of nitrogens with one attached hydrogen (secondary N) is 1. The van der Waals surface area contributed by atoms with Gasteiger partial charge in [-0.15, -0.1) is 24.0 Å². The van der Waals surface area contributed by atoms with E-state index in [9.17, 15) is 0 Å². The summed E-state index contributed by atoms with van der Waals surface area (Å²) < 4.78 is 5.97. The van der Waals surface area contributed by atoms with Crippen molar-refractivity contribution in [1.82, 2.24) is 0 Å². The summed E-state index contributed by atoms with van der Waals surface area (Å²) in [5, 5.41) is 3.20. The lowest BCUT2D eigenvalue weighted by atomic mass is 9.55. The zero-order chi connectivity index (χ0) is 15.4. The van der Waals surface area contributed by atoms with Crippen molar-refractivity contribution in [2.45, 2.75) is 57.6 Å². The Hall–Kier alpha value is -0.820. The van der Waals surface area contributed by atoms with Gasteiger partial charge in [0, 0.05) is 17.7 Å². The van der Waals surface area contributed by atoms with E-state index in [0.29, 0.717) is 18.1 Å². The minimum atomic E-state index is 0. The van der Waals surface area contributed by atoms with Gasteiger partial charge in [-0.2, -0.15) is 0 Å². The Morgan fingerprint density at radius 1 is 1.26 bits per heavy atom. The molecule has 0 aliphatic heterocycles. The first-order valence-corrected chi connectivity index (χ1v) is 8.51. The van der Waals surface area contributed by atoms with Crippen LogP contribution >= 0.6 is 24.0 Å². The van der Waals surface area contributed by atoms with Crippen LogP contribution in [-0.4, -0.2) is 24.7 Å². The van der Waals surface area contributed by atoms with Crippen LogP contribution < -0.4 is 11.1 Å². The number of benzene rings is 1. The summed E-state index contributed by atoms with van der Waals surface area (Å²) in [4.78, 5) is 4.79. The zero-order valence-electron chi connectivity index (χ0n) is 13.8. The second-order valence-corrected chi connectivity index (χ2v) is 6.49. The Balaban J connectivity index is 0.00000192. The number of ether oxygens (including phenoxy) is 1. The largest absolute Gasteiger partial charge is 0.378 e. The first kappa shape index (κ1) is 18.5. The third kappa shape index (κ3) is 3.99. The predicted molar refractivity (Wildman–Crippen MR) is 106 cm³/mol. The Labute approximate surface area is 156 Å². The van der Waals surface area contributed by atoms with Gasteiger partial charge >= 0.3 is 0 Å². The molecule has 2 fully saturated rings. The van der Waals surface area contributed by atoms with Gasteiger partial charge in [-0.05, 0) is 38.3 Å². The average Bonchev–Trinajstić information content (AvgIpc) is 2.55. The quantitative estimate of drug-likeness (QED) is 0.429. The lowest BCUT2D eigenvalue weighted by molar-refractivity contribution is -0.139. The first-order chi connectivity index (χ1) is 10.7. The Bertz CT molecular complexity index is 514. The van der Waals surface area contributed by atoms with Gasteiger partial charge in [0.15, 0.2) is 5.96 Å². The molecule has 0 aromatic heterocycles. The van der Waals surface area contributed by atoms with E-state index in [0.717, 1.165) is 18.7 Å². The molecular weight excluding hydrogens is 401 g/mol.